The van der Waals surface area contributed by atoms with Crippen LogP contribution in [-0.4, -0.2) is 11.3 Å². The number of benzene rings is 2. The summed E-state index contributed by atoms with van der Waals surface area (Å²) in [6, 6.07) is 13.8. The van der Waals surface area contributed by atoms with E-state index in [4.69, 9.17) is 5.73 Å². The van der Waals surface area contributed by atoms with E-state index in [-0.39, 0.29) is 5.78 Å². The van der Waals surface area contributed by atoms with Gasteiger partial charge in [-0.15, -0.1) is 0 Å². The van der Waals surface area contributed by atoms with Gasteiger partial charge in [0.05, 0.1) is 5.54 Å². The van der Waals surface area contributed by atoms with Gasteiger partial charge in [-0.1, -0.05) is 42.5 Å². The van der Waals surface area contributed by atoms with Gasteiger partial charge in [0.25, 0.3) is 0 Å². The van der Waals surface area contributed by atoms with Crippen molar-refractivity contribution in [1.82, 2.24) is 0 Å². The second-order valence-electron chi connectivity index (χ2n) is 5.41. The number of hydrogen-bond donors (Lipinski definition) is 1. The first kappa shape index (κ1) is 11.4. The first-order chi connectivity index (χ1) is 8.60. The second kappa shape index (κ2) is 3.92. The second-order valence-corrected chi connectivity index (χ2v) is 5.41. The highest BCUT2D eigenvalue weighted by molar-refractivity contribution is 6.12. The molecule has 2 heteroatoms. The highest BCUT2D eigenvalue weighted by Gasteiger charge is 2.44. The summed E-state index contributed by atoms with van der Waals surface area (Å²) in [5.41, 5.74) is 6.28. The largest absolute Gasteiger partial charge is 0.319 e. The molecule has 2 N–H and O–H groups in total. The number of hydrogen-bond acceptors (Lipinski definition) is 2. The van der Waals surface area contributed by atoms with Crippen molar-refractivity contribution in [3.8, 4) is 0 Å². The van der Waals surface area contributed by atoms with Crippen molar-refractivity contribution >= 4 is 16.6 Å². The van der Waals surface area contributed by atoms with Crippen LogP contribution in [0.4, 0.5) is 0 Å². The van der Waals surface area contributed by atoms with Gasteiger partial charge in [0.15, 0.2) is 5.78 Å². The lowest BCUT2D eigenvalue weighted by molar-refractivity contribution is 0.0885. The van der Waals surface area contributed by atoms with Crippen molar-refractivity contribution in [2.45, 2.75) is 25.3 Å². The van der Waals surface area contributed by atoms with Gasteiger partial charge < -0.3 is 5.73 Å². The van der Waals surface area contributed by atoms with Crippen molar-refractivity contribution in [2.24, 2.45) is 11.7 Å². The molecule has 1 fully saturated rings. The Morgan fingerprint density at radius 2 is 1.83 bits per heavy atom. The monoisotopic (exact) mass is 239 g/mol. The van der Waals surface area contributed by atoms with Gasteiger partial charge in [0, 0.05) is 5.56 Å². The van der Waals surface area contributed by atoms with Gasteiger partial charge in [-0.25, -0.2) is 0 Å². The molecule has 2 aromatic carbocycles. The van der Waals surface area contributed by atoms with E-state index in [0.717, 1.165) is 29.2 Å². The van der Waals surface area contributed by atoms with E-state index in [2.05, 4.69) is 0 Å². The highest BCUT2D eigenvalue weighted by Crippen LogP contribution is 2.40. The van der Waals surface area contributed by atoms with E-state index in [1.807, 2.05) is 49.4 Å². The van der Waals surface area contributed by atoms with Crippen LogP contribution in [0.25, 0.3) is 10.8 Å². The SMILES string of the molecule is CC(N)(C(=O)c1cccc2ccccc12)C1CC1. The molecule has 2 aromatic rings. The predicted molar refractivity (Wildman–Crippen MR) is 73.6 cm³/mol. The molecule has 0 spiro atoms. The Balaban J connectivity index is 2.11. The lowest BCUT2D eigenvalue weighted by Crippen LogP contribution is -2.47. The van der Waals surface area contributed by atoms with E-state index < -0.39 is 5.54 Å². The molecule has 1 atom stereocenters. The van der Waals surface area contributed by atoms with E-state index in [1.165, 1.54) is 0 Å². The molecule has 1 unspecified atom stereocenters. The molecule has 1 aliphatic carbocycles. The molecule has 0 bridgehead atoms. The van der Waals surface area contributed by atoms with E-state index >= 15 is 0 Å². The van der Waals surface area contributed by atoms with Crippen molar-refractivity contribution in [3.05, 3.63) is 48.0 Å². The van der Waals surface area contributed by atoms with Gasteiger partial charge in [-0.05, 0) is 36.5 Å². The van der Waals surface area contributed by atoms with Gasteiger partial charge in [0.1, 0.15) is 0 Å². The van der Waals surface area contributed by atoms with Crippen LogP contribution >= 0.6 is 0 Å². The molecule has 0 aromatic heterocycles. The summed E-state index contributed by atoms with van der Waals surface area (Å²) in [7, 11) is 0. The Morgan fingerprint density at radius 1 is 1.17 bits per heavy atom. The zero-order chi connectivity index (χ0) is 12.8. The Kier molecular flexibility index (Phi) is 2.49. The van der Waals surface area contributed by atoms with Crippen LogP contribution in [0.1, 0.15) is 30.1 Å². The topological polar surface area (TPSA) is 43.1 Å². The summed E-state index contributed by atoms with van der Waals surface area (Å²) in [5, 5.41) is 2.09. The molecule has 3 rings (SSSR count). The molecular weight excluding hydrogens is 222 g/mol. The summed E-state index contributed by atoms with van der Waals surface area (Å²) >= 11 is 0. The molecule has 18 heavy (non-hydrogen) atoms. The predicted octanol–water partition coefficient (Wildman–Crippen LogP) is 3.15. The Morgan fingerprint density at radius 3 is 2.56 bits per heavy atom. The summed E-state index contributed by atoms with van der Waals surface area (Å²) < 4.78 is 0. The summed E-state index contributed by atoms with van der Waals surface area (Å²) in [4.78, 5) is 12.6. The van der Waals surface area contributed by atoms with Crippen molar-refractivity contribution in [3.63, 3.8) is 0 Å². The molecular formula is C16H17NO. The molecule has 0 amide bonds. The number of fused-ring (bicyclic) bond motifs is 1. The van der Waals surface area contributed by atoms with Crippen LogP contribution in [0.5, 0.6) is 0 Å². The minimum Gasteiger partial charge on any atom is -0.319 e. The van der Waals surface area contributed by atoms with Crippen LogP contribution in [-0.2, 0) is 0 Å². The molecule has 0 saturated heterocycles. The number of Topliss-reactive ketones (excluding diaryl/α,β-unsaturated/α-hetero) is 1. The fraction of sp³-hybridized carbons (Fsp3) is 0.312. The minimum absolute atomic E-state index is 0.0711. The molecule has 2 nitrogen and oxygen atoms in total. The smallest absolute Gasteiger partial charge is 0.183 e. The Bertz CT molecular complexity index is 606. The quantitative estimate of drug-likeness (QED) is 0.836. The third-order valence-electron chi connectivity index (χ3n) is 3.95. The molecule has 0 radical (unpaired) electrons. The third-order valence-corrected chi connectivity index (χ3v) is 3.95. The summed E-state index contributed by atoms with van der Waals surface area (Å²) in [6.45, 7) is 1.87. The van der Waals surface area contributed by atoms with Crippen molar-refractivity contribution < 1.29 is 4.79 Å². The maximum absolute atomic E-state index is 12.6. The summed E-state index contributed by atoms with van der Waals surface area (Å²) in [5.74, 6) is 0.422. The lowest BCUT2D eigenvalue weighted by Gasteiger charge is -2.23. The lowest BCUT2D eigenvalue weighted by atomic mass is 9.85. The fourth-order valence-electron chi connectivity index (χ4n) is 2.58. The normalized spacial score (nSPS) is 18.6. The average Bonchev–Trinajstić information content (AvgIpc) is 3.22. The number of rotatable bonds is 3. The molecule has 1 saturated carbocycles. The molecule has 0 heterocycles. The van der Waals surface area contributed by atoms with E-state index in [1.54, 1.807) is 0 Å². The first-order valence-corrected chi connectivity index (χ1v) is 6.42. The summed E-state index contributed by atoms with van der Waals surface area (Å²) in [6.07, 6.45) is 2.15. The standard InChI is InChI=1S/C16H17NO/c1-16(17,12-9-10-12)15(18)14-8-4-6-11-5-2-3-7-13(11)14/h2-8,12H,9-10,17H2,1H3. The number of carbonyl (C=O) groups excluding carboxylic acids is 1. The molecule has 0 aliphatic heterocycles. The van der Waals surface area contributed by atoms with Gasteiger partial charge in [-0.3, -0.25) is 4.79 Å². The van der Waals surface area contributed by atoms with Gasteiger partial charge in [0.2, 0.25) is 0 Å². The van der Waals surface area contributed by atoms with Crippen LogP contribution < -0.4 is 5.73 Å². The average molecular weight is 239 g/mol. The Labute approximate surface area is 107 Å². The van der Waals surface area contributed by atoms with Crippen molar-refractivity contribution in [2.75, 3.05) is 0 Å². The third kappa shape index (κ3) is 1.73. The van der Waals surface area contributed by atoms with E-state index in [9.17, 15) is 4.79 Å². The minimum atomic E-state index is -0.718. The maximum atomic E-state index is 12.6. The zero-order valence-electron chi connectivity index (χ0n) is 10.5. The van der Waals surface area contributed by atoms with Crippen LogP contribution in [0.15, 0.2) is 42.5 Å². The number of ketones is 1. The molecule has 92 valence electrons. The van der Waals surface area contributed by atoms with Gasteiger partial charge in [-0.2, -0.15) is 0 Å². The number of nitrogens with two attached hydrogens (primary N) is 1. The first-order valence-electron chi connectivity index (χ1n) is 6.42. The highest BCUT2D eigenvalue weighted by atomic mass is 16.1. The van der Waals surface area contributed by atoms with Crippen LogP contribution in [0.2, 0.25) is 0 Å². The fourth-order valence-corrected chi connectivity index (χ4v) is 2.58. The van der Waals surface area contributed by atoms with Gasteiger partial charge >= 0.3 is 0 Å². The van der Waals surface area contributed by atoms with E-state index in [0.29, 0.717) is 5.92 Å². The number of carbonyl (C=O) groups is 1. The maximum Gasteiger partial charge on any atom is 0.183 e. The van der Waals surface area contributed by atoms with Crippen LogP contribution in [0.3, 0.4) is 0 Å². The van der Waals surface area contributed by atoms with Crippen LogP contribution in [0, 0.1) is 5.92 Å². The zero-order valence-corrected chi connectivity index (χ0v) is 10.5. The molecule has 1 aliphatic rings. The van der Waals surface area contributed by atoms with Crippen molar-refractivity contribution in [1.29, 1.82) is 0 Å². The Hall–Kier alpha value is -1.67.